The highest BCUT2D eigenvalue weighted by Crippen LogP contribution is 2.36. The Labute approximate surface area is 125 Å². The van der Waals surface area contributed by atoms with Gasteiger partial charge in [-0.25, -0.2) is 4.79 Å². The van der Waals surface area contributed by atoms with Crippen LogP contribution in [-0.4, -0.2) is 43.9 Å². The van der Waals surface area contributed by atoms with E-state index in [-0.39, 0.29) is 15.4 Å². The highest BCUT2D eigenvalue weighted by Gasteiger charge is 2.51. The minimum absolute atomic E-state index is 0.0404. The van der Waals surface area contributed by atoms with E-state index < -0.39 is 35.8 Å². The van der Waals surface area contributed by atoms with Crippen molar-refractivity contribution in [2.75, 3.05) is 0 Å². The number of carboxylic acids is 3. The van der Waals surface area contributed by atoms with E-state index >= 15 is 0 Å². The second-order valence-corrected chi connectivity index (χ2v) is 6.36. The van der Waals surface area contributed by atoms with Crippen LogP contribution in [0.15, 0.2) is 8.96 Å². The van der Waals surface area contributed by atoms with Crippen LogP contribution in [0.25, 0.3) is 0 Å². The second-order valence-electron chi connectivity index (χ2n) is 3.71. The molecule has 0 radical (unpaired) electrons. The number of rotatable bonds is 7. The lowest BCUT2D eigenvalue weighted by Gasteiger charge is -2.30. The molecule has 0 aromatic carbocycles. The minimum Gasteiger partial charge on any atom is -0.481 e. The lowest BCUT2D eigenvalue weighted by Crippen LogP contribution is -2.51. The van der Waals surface area contributed by atoms with Gasteiger partial charge < -0.3 is 20.4 Å². The molecular weight excluding hydrogens is 392 g/mol. The van der Waals surface area contributed by atoms with Gasteiger partial charge in [-0.3, -0.25) is 9.59 Å². The molecule has 7 nitrogen and oxygen atoms in total. The molecule has 0 aromatic rings. The normalized spacial score (nSPS) is 15.2. The van der Waals surface area contributed by atoms with Gasteiger partial charge in [-0.05, 0) is 43.9 Å². The molecule has 0 aliphatic heterocycles. The number of hydrogen-bond acceptors (Lipinski definition) is 4. The topological polar surface area (TPSA) is 132 Å². The first kappa shape index (κ1) is 18.1. The monoisotopic (exact) mass is 402 g/mol. The van der Waals surface area contributed by atoms with Crippen LogP contribution in [-0.2, 0) is 14.4 Å². The molecule has 0 saturated carbocycles. The zero-order chi connectivity index (χ0) is 15.4. The van der Waals surface area contributed by atoms with E-state index in [2.05, 4.69) is 31.9 Å². The third-order valence-corrected chi connectivity index (χ3v) is 3.51. The summed E-state index contributed by atoms with van der Waals surface area (Å²) in [5, 5.41) is 36.8. The SMILES string of the molecule is CCC(=C(Br)Br)C(C(=O)O)C(O)(CC(=O)O)C(=O)O. The van der Waals surface area contributed by atoms with Gasteiger partial charge in [0, 0.05) is 0 Å². The Bertz CT molecular complexity index is 428. The molecule has 0 rings (SSSR count). The van der Waals surface area contributed by atoms with Crippen LogP contribution in [0.2, 0.25) is 0 Å². The molecule has 0 aromatic heterocycles. The maximum absolute atomic E-state index is 11.2. The summed E-state index contributed by atoms with van der Waals surface area (Å²) in [5.41, 5.74) is -2.89. The maximum atomic E-state index is 11.2. The molecule has 2 unspecified atom stereocenters. The Morgan fingerprint density at radius 3 is 1.84 bits per heavy atom. The van der Waals surface area contributed by atoms with E-state index in [0.717, 1.165) is 0 Å². The second kappa shape index (κ2) is 7.01. The van der Waals surface area contributed by atoms with Crippen molar-refractivity contribution in [2.45, 2.75) is 25.4 Å². The van der Waals surface area contributed by atoms with Crippen LogP contribution < -0.4 is 0 Å². The van der Waals surface area contributed by atoms with E-state index in [4.69, 9.17) is 15.3 Å². The molecule has 9 heteroatoms. The Balaban J connectivity index is 5.96. The van der Waals surface area contributed by atoms with Crippen molar-refractivity contribution in [3.05, 3.63) is 8.96 Å². The van der Waals surface area contributed by atoms with Crippen molar-refractivity contribution in [3.8, 4) is 0 Å². The largest absolute Gasteiger partial charge is 0.481 e. The molecule has 0 amide bonds. The Morgan fingerprint density at radius 1 is 1.16 bits per heavy atom. The Kier molecular flexibility index (Phi) is 6.67. The van der Waals surface area contributed by atoms with E-state index in [9.17, 15) is 19.5 Å². The van der Waals surface area contributed by atoms with Gasteiger partial charge in [0.05, 0.1) is 9.81 Å². The molecule has 0 spiro atoms. The fraction of sp³-hybridized carbons (Fsp3) is 0.500. The molecular formula is C10H12Br2O7. The van der Waals surface area contributed by atoms with Crippen LogP contribution in [0, 0.1) is 5.92 Å². The van der Waals surface area contributed by atoms with E-state index in [0.29, 0.717) is 0 Å². The quantitative estimate of drug-likeness (QED) is 0.504. The number of aliphatic carboxylic acids is 3. The van der Waals surface area contributed by atoms with Crippen LogP contribution in [0.5, 0.6) is 0 Å². The van der Waals surface area contributed by atoms with Gasteiger partial charge in [0.2, 0.25) is 0 Å². The van der Waals surface area contributed by atoms with Crippen molar-refractivity contribution < 1.29 is 34.8 Å². The predicted octanol–water partition coefficient (Wildman–Crippen LogP) is 1.39. The van der Waals surface area contributed by atoms with Gasteiger partial charge in [-0.15, -0.1) is 0 Å². The molecule has 0 heterocycles. The van der Waals surface area contributed by atoms with Gasteiger partial charge in [-0.2, -0.15) is 0 Å². The third kappa shape index (κ3) is 4.29. The zero-order valence-electron chi connectivity index (χ0n) is 9.76. The molecule has 108 valence electrons. The van der Waals surface area contributed by atoms with Gasteiger partial charge in [0.25, 0.3) is 0 Å². The van der Waals surface area contributed by atoms with Crippen LogP contribution >= 0.6 is 31.9 Å². The van der Waals surface area contributed by atoms with Crippen molar-refractivity contribution >= 4 is 49.8 Å². The fourth-order valence-corrected chi connectivity index (χ4v) is 2.64. The fourth-order valence-electron chi connectivity index (χ4n) is 1.62. The van der Waals surface area contributed by atoms with Gasteiger partial charge >= 0.3 is 17.9 Å². The maximum Gasteiger partial charge on any atom is 0.337 e. The van der Waals surface area contributed by atoms with Crippen molar-refractivity contribution in [2.24, 2.45) is 5.92 Å². The zero-order valence-corrected chi connectivity index (χ0v) is 12.9. The molecule has 2 atom stereocenters. The van der Waals surface area contributed by atoms with Crippen molar-refractivity contribution in [1.29, 1.82) is 0 Å². The summed E-state index contributed by atoms with van der Waals surface area (Å²) in [6, 6.07) is 0. The number of carboxylic acid groups (broad SMARTS) is 3. The average molecular weight is 404 g/mol. The number of aliphatic hydroxyl groups is 1. The predicted molar refractivity (Wildman–Crippen MR) is 71.1 cm³/mol. The van der Waals surface area contributed by atoms with E-state index in [1.165, 1.54) is 0 Å². The van der Waals surface area contributed by atoms with Gasteiger partial charge in [0.15, 0.2) is 5.60 Å². The Morgan fingerprint density at radius 2 is 1.63 bits per heavy atom. The number of hydrogen-bond donors (Lipinski definition) is 4. The average Bonchev–Trinajstić information content (AvgIpc) is 2.22. The van der Waals surface area contributed by atoms with Crippen LogP contribution in [0.3, 0.4) is 0 Å². The summed E-state index contributed by atoms with van der Waals surface area (Å²) in [5.74, 6) is -7.04. The smallest absolute Gasteiger partial charge is 0.337 e. The molecule has 0 aliphatic carbocycles. The number of carbonyl (C=O) groups is 3. The summed E-state index contributed by atoms with van der Waals surface area (Å²) in [7, 11) is 0. The van der Waals surface area contributed by atoms with E-state index in [1.54, 1.807) is 6.92 Å². The lowest BCUT2D eigenvalue weighted by molar-refractivity contribution is -0.176. The lowest BCUT2D eigenvalue weighted by atomic mass is 9.79. The molecule has 0 saturated heterocycles. The molecule has 0 fully saturated rings. The van der Waals surface area contributed by atoms with Gasteiger partial charge in [-0.1, -0.05) is 6.92 Å². The van der Waals surface area contributed by atoms with E-state index in [1.807, 2.05) is 0 Å². The summed E-state index contributed by atoms with van der Waals surface area (Å²) < 4.78 is 0.167. The first-order valence-corrected chi connectivity index (χ1v) is 6.60. The molecule has 0 bridgehead atoms. The highest BCUT2D eigenvalue weighted by molar-refractivity contribution is 9.28. The molecule has 0 aliphatic rings. The first-order valence-electron chi connectivity index (χ1n) is 5.02. The van der Waals surface area contributed by atoms with Crippen LogP contribution in [0.4, 0.5) is 0 Å². The summed E-state index contributed by atoms with van der Waals surface area (Å²) in [6.45, 7) is 1.55. The standard InChI is InChI=1S/C10H12Br2O7/c1-2-4(7(11)12)6(8(15)16)10(19,9(17)18)3-5(13)14/h6,19H,2-3H2,1H3,(H,13,14)(H,15,16)(H,17,18). The summed E-state index contributed by atoms with van der Waals surface area (Å²) in [4.78, 5) is 33.0. The van der Waals surface area contributed by atoms with Gasteiger partial charge in [0.1, 0.15) is 5.92 Å². The third-order valence-electron chi connectivity index (χ3n) is 2.49. The van der Waals surface area contributed by atoms with Crippen molar-refractivity contribution in [1.82, 2.24) is 0 Å². The number of halogens is 2. The summed E-state index contributed by atoms with van der Waals surface area (Å²) >= 11 is 5.92. The molecule has 19 heavy (non-hydrogen) atoms. The van der Waals surface area contributed by atoms with Crippen LogP contribution in [0.1, 0.15) is 19.8 Å². The Hall–Kier alpha value is -0.930. The minimum atomic E-state index is -2.93. The first-order chi connectivity index (χ1) is 8.57. The van der Waals surface area contributed by atoms with Crippen molar-refractivity contribution in [3.63, 3.8) is 0 Å². The molecule has 4 N–H and O–H groups in total. The highest BCUT2D eigenvalue weighted by atomic mass is 79.9. The summed E-state index contributed by atoms with van der Waals surface area (Å²) in [6.07, 6.45) is -1.12.